The first kappa shape index (κ1) is 50.9. The van der Waals surface area contributed by atoms with E-state index in [1.54, 1.807) is 43.5 Å². The van der Waals surface area contributed by atoms with E-state index in [1.165, 1.54) is 36.4 Å². The van der Waals surface area contributed by atoms with E-state index >= 15 is 0 Å². The summed E-state index contributed by atoms with van der Waals surface area (Å²) in [6.07, 6.45) is 17.8. The van der Waals surface area contributed by atoms with E-state index in [9.17, 15) is 53.3 Å². The Hall–Kier alpha value is -5.09. The van der Waals surface area contributed by atoms with Gasteiger partial charge in [0.05, 0.1) is 25.3 Å². The molecular weight excluding hydrogens is 901 g/mol. The van der Waals surface area contributed by atoms with Crippen LogP contribution in [0, 0.1) is 0 Å². The summed E-state index contributed by atoms with van der Waals surface area (Å²) in [5.41, 5.74) is 2.41. The molecule has 0 spiro atoms. The van der Waals surface area contributed by atoms with Gasteiger partial charge in [-0.3, -0.25) is 19.3 Å². The van der Waals surface area contributed by atoms with Crippen LogP contribution in [0.15, 0.2) is 107 Å². The van der Waals surface area contributed by atoms with Crippen molar-refractivity contribution in [1.82, 2.24) is 10.2 Å². The van der Waals surface area contributed by atoms with E-state index < -0.39 is 63.6 Å². The molecule has 3 aliphatic rings. The van der Waals surface area contributed by atoms with Gasteiger partial charge in [0.25, 0.3) is 11.8 Å². The molecule has 17 nitrogen and oxygen atoms in total. The van der Waals surface area contributed by atoms with Crippen molar-refractivity contribution in [3.05, 3.63) is 108 Å². The normalized spacial score (nSPS) is 20.8. The lowest BCUT2D eigenvalue weighted by Crippen LogP contribution is -2.38. The molecule has 0 aliphatic carbocycles. The van der Waals surface area contributed by atoms with E-state index in [4.69, 9.17) is 4.74 Å². The second-order valence-electron chi connectivity index (χ2n) is 16.3. The largest absolute Gasteiger partial charge is 0.748 e. The maximum absolute atomic E-state index is 12.5. The van der Waals surface area contributed by atoms with E-state index in [1.807, 2.05) is 43.9 Å². The van der Waals surface area contributed by atoms with Gasteiger partial charge in [-0.15, -0.1) is 0 Å². The number of carbonyl (C=O) groups excluding carboxylic acids is 3. The van der Waals surface area contributed by atoms with Crippen LogP contribution in [0.3, 0.4) is 0 Å². The van der Waals surface area contributed by atoms with Crippen LogP contribution in [0.1, 0.15) is 76.8 Å². The third kappa shape index (κ3) is 12.2. The minimum atomic E-state index is -4.79. The summed E-state index contributed by atoms with van der Waals surface area (Å²) in [5.74, 6) is -1.65. The average Bonchev–Trinajstić information content (AvgIpc) is 3.77. The average molecular weight is 955 g/mol. The standard InChI is InChI=1S/C45H56N4O13S3/c1-5-47-37-20-18-33(64(56,57)58)31-35(37)44(2,24-14-30-63(53,54)55)39(47)15-10-7-6-8-11-16-40-45(3,25-29-62-4)36-32-34(65(59,60)61)19-21-38(36)48(40)27-13-9-12-17-41(50)46-26-28-49-42(51)22-23-43(49)52/h6-8,10-11,15-16,18-23,31-32H,5,9,12-14,17,24-30H2,1-4H3,(H3-,46,50,53,54,55,56,57,58,59,60,61)/p-2. The number of nitrogens with zero attached hydrogens (tertiary/aromatic N) is 3. The summed E-state index contributed by atoms with van der Waals surface area (Å²) >= 11 is 0. The van der Waals surface area contributed by atoms with Crippen LogP contribution in [0.5, 0.6) is 0 Å². The molecule has 2 unspecified atom stereocenters. The molecule has 3 heterocycles. The number of anilines is 1. The van der Waals surface area contributed by atoms with Gasteiger partial charge in [-0.25, -0.2) is 25.3 Å². The molecule has 0 saturated carbocycles. The highest BCUT2D eigenvalue weighted by Gasteiger charge is 2.48. The zero-order chi connectivity index (χ0) is 47.8. The van der Waals surface area contributed by atoms with Crippen molar-refractivity contribution in [3.8, 4) is 0 Å². The summed E-state index contributed by atoms with van der Waals surface area (Å²) in [7, 11) is -12.5. The van der Waals surface area contributed by atoms with Crippen LogP contribution in [-0.2, 0) is 60.3 Å². The molecule has 5 rings (SSSR count). The zero-order valence-electron chi connectivity index (χ0n) is 36.7. The first-order valence-corrected chi connectivity index (χ1v) is 25.5. The molecule has 0 saturated heterocycles. The number of carbonyl (C=O) groups is 3. The molecule has 65 heavy (non-hydrogen) atoms. The number of likely N-dealkylation sites (N-methyl/N-ethyl adjacent to an activating group) is 1. The molecule has 352 valence electrons. The van der Waals surface area contributed by atoms with Crippen LogP contribution < -0.4 is 10.2 Å². The summed E-state index contributed by atoms with van der Waals surface area (Å²) in [4.78, 5) is 38.3. The molecule has 0 bridgehead atoms. The molecule has 2 aromatic carbocycles. The van der Waals surface area contributed by atoms with Crippen molar-refractivity contribution >= 4 is 65.2 Å². The maximum Gasteiger partial charge on any atom is 0.253 e. The van der Waals surface area contributed by atoms with Crippen LogP contribution in [-0.4, -0.2) is 117 Å². The third-order valence-electron chi connectivity index (χ3n) is 12.0. The molecule has 0 radical (unpaired) electrons. The number of ether oxygens (including phenoxy) is 1. The van der Waals surface area contributed by atoms with Crippen molar-refractivity contribution in [2.24, 2.45) is 0 Å². The fourth-order valence-electron chi connectivity index (χ4n) is 8.66. The summed E-state index contributed by atoms with van der Waals surface area (Å²) < 4.78 is 114. The Morgan fingerprint density at radius 2 is 1.42 bits per heavy atom. The number of allylic oxidation sites excluding steroid dienone is 8. The number of fused-ring (bicyclic) bond motifs is 2. The lowest BCUT2D eigenvalue weighted by Gasteiger charge is -2.30. The lowest BCUT2D eigenvalue weighted by atomic mass is 9.76. The predicted molar refractivity (Wildman–Crippen MR) is 239 cm³/mol. The van der Waals surface area contributed by atoms with E-state index in [0.29, 0.717) is 67.9 Å². The Kier molecular flexibility index (Phi) is 16.5. The van der Waals surface area contributed by atoms with Crippen molar-refractivity contribution in [3.63, 3.8) is 0 Å². The number of hydrogen-bond acceptors (Lipinski definition) is 14. The Balaban J connectivity index is 1.36. The highest BCUT2D eigenvalue weighted by molar-refractivity contribution is 7.86. The number of unbranched alkanes of at least 4 members (excludes halogenated alkanes) is 2. The minimum absolute atomic E-state index is 0.000725. The fraction of sp³-hybridized carbons (Fsp3) is 0.422. The smallest absolute Gasteiger partial charge is 0.253 e. The highest BCUT2D eigenvalue weighted by Crippen LogP contribution is 2.51. The second-order valence-corrected chi connectivity index (χ2v) is 20.6. The molecule has 0 fully saturated rings. The number of rotatable bonds is 23. The third-order valence-corrected chi connectivity index (χ3v) is 14.4. The van der Waals surface area contributed by atoms with Gasteiger partial charge in [-0.1, -0.05) is 30.4 Å². The van der Waals surface area contributed by atoms with Gasteiger partial charge in [-0.2, -0.15) is 4.58 Å². The van der Waals surface area contributed by atoms with Gasteiger partial charge >= 0.3 is 0 Å². The number of hydrogen-bond donors (Lipinski definition) is 1. The maximum atomic E-state index is 12.5. The molecule has 0 aromatic heterocycles. The van der Waals surface area contributed by atoms with E-state index in [2.05, 4.69) is 9.89 Å². The molecule has 20 heteroatoms. The molecule has 2 atom stereocenters. The Labute approximate surface area is 381 Å². The zero-order valence-corrected chi connectivity index (χ0v) is 39.2. The number of imide groups is 1. The summed E-state index contributed by atoms with van der Waals surface area (Å²) in [5, 5.41) is 2.74. The second kappa shape index (κ2) is 21.0. The Bertz CT molecular complexity index is 2690. The fourth-order valence-corrected chi connectivity index (χ4v) is 10.1. The molecule has 3 aliphatic heterocycles. The molecule has 1 N–H and O–H groups in total. The lowest BCUT2D eigenvalue weighted by molar-refractivity contribution is -0.438. The molecule has 3 amide bonds. The Morgan fingerprint density at radius 3 is 2.05 bits per heavy atom. The highest BCUT2D eigenvalue weighted by atomic mass is 32.2. The van der Waals surface area contributed by atoms with Gasteiger partial charge in [0.2, 0.25) is 11.6 Å². The van der Waals surface area contributed by atoms with Gasteiger partial charge in [-0.05, 0) is 94.8 Å². The van der Waals surface area contributed by atoms with Gasteiger partial charge in [0.1, 0.15) is 26.8 Å². The number of methoxy groups -OCH3 is 1. The van der Waals surface area contributed by atoms with Crippen molar-refractivity contribution in [1.29, 1.82) is 0 Å². The van der Waals surface area contributed by atoms with Gasteiger partial charge in [0.15, 0.2) is 5.71 Å². The van der Waals surface area contributed by atoms with Crippen LogP contribution in [0.2, 0.25) is 0 Å². The van der Waals surface area contributed by atoms with Gasteiger partial charge < -0.3 is 28.6 Å². The molecule has 2 aromatic rings. The molecular formula is C45H54N4O13S3-2. The first-order valence-electron chi connectivity index (χ1n) is 21.1. The van der Waals surface area contributed by atoms with Crippen LogP contribution in [0.25, 0.3) is 0 Å². The Morgan fingerprint density at radius 1 is 0.785 bits per heavy atom. The topological polar surface area (TPSA) is 254 Å². The monoisotopic (exact) mass is 954 g/mol. The number of benzene rings is 2. The summed E-state index contributed by atoms with van der Waals surface area (Å²) in [6, 6.07) is 8.46. The number of amides is 3. The minimum Gasteiger partial charge on any atom is -0.748 e. The van der Waals surface area contributed by atoms with E-state index in [0.717, 1.165) is 16.3 Å². The first-order chi connectivity index (χ1) is 30.5. The van der Waals surface area contributed by atoms with E-state index in [-0.39, 0.29) is 43.2 Å². The summed E-state index contributed by atoms with van der Waals surface area (Å²) in [6.45, 7) is 7.19. The predicted octanol–water partition coefficient (Wildman–Crippen LogP) is 4.16. The van der Waals surface area contributed by atoms with Crippen molar-refractivity contribution < 1.29 is 62.6 Å². The van der Waals surface area contributed by atoms with Crippen molar-refractivity contribution in [2.45, 2.75) is 86.3 Å². The SMILES string of the molecule is CCN1/C(=C/C=C/C=C/C=C/C2=[N+](CCCCCC(=O)NCCN3C(=O)C=CC3=O)c3ccc(S(=O)(=O)[O-])cc3C2(C)CCOC)C(C)(CCCS(=O)(=O)[O-])c2cc(S(=O)(=O)[O-])ccc21. The number of nitrogens with one attached hydrogen (secondary N) is 1. The van der Waals surface area contributed by atoms with Crippen molar-refractivity contribution in [2.75, 3.05) is 50.5 Å². The van der Waals surface area contributed by atoms with Crippen LogP contribution >= 0.6 is 0 Å². The quantitative estimate of drug-likeness (QED) is 0.0540. The van der Waals surface area contributed by atoms with Gasteiger partial charge in [0, 0.05) is 98.6 Å². The van der Waals surface area contributed by atoms with Crippen LogP contribution in [0.4, 0.5) is 11.4 Å².